The predicted octanol–water partition coefficient (Wildman–Crippen LogP) is 1.61. The molecular weight excluding hydrogens is 250 g/mol. The molecule has 5 heteroatoms. The Bertz CT molecular complexity index is 477. The van der Waals surface area contributed by atoms with E-state index < -0.39 is 9.84 Å². The molecule has 0 aliphatic heterocycles. The second-order valence-corrected chi connectivity index (χ2v) is 6.69. The Balaban J connectivity index is 1.87. The molecule has 1 aliphatic rings. The van der Waals surface area contributed by atoms with Crippen molar-refractivity contribution in [1.29, 1.82) is 0 Å². The highest BCUT2D eigenvalue weighted by Gasteiger charge is 2.20. The third-order valence-electron chi connectivity index (χ3n) is 3.02. The van der Waals surface area contributed by atoms with Crippen LogP contribution in [-0.2, 0) is 9.84 Å². The highest BCUT2D eigenvalue weighted by molar-refractivity contribution is 7.91. The Morgan fingerprint density at radius 3 is 2.50 bits per heavy atom. The van der Waals surface area contributed by atoms with Gasteiger partial charge in [-0.3, -0.25) is 0 Å². The maximum absolute atomic E-state index is 12.0. The van der Waals surface area contributed by atoms with Crippen LogP contribution in [0.1, 0.15) is 19.3 Å². The minimum atomic E-state index is -3.16. The van der Waals surface area contributed by atoms with Crippen LogP contribution < -0.4 is 10.1 Å². The summed E-state index contributed by atoms with van der Waals surface area (Å²) in [7, 11) is -1.60. The second-order valence-electron chi connectivity index (χ2n) is 4.58. The monoisotopic (exact) mass is 269 g/mol. The number of ether oxygens (including phenoxy) is 1. The van der Waals surface area contributed by atoms with Crippen LogP contribution in [0.25, 0.3) is 0 Å². The van der Waals surface area contributed by atoms with Gasteiger partial charge >= 0.3 is 0 Å². The molecule has 0 heterocycles. The third-order valence-corrected chi connectivity index (χ3v) is 4.84. The van der Waals surface area contributed by atoms with Gasteiger partial charge in [-0.1, -0.05) is 0 Å². The molecule has 0 saturated heterocycles. The van der Waals surface area contributed by atoms with Crippen LogP contribution in [0.3, 0.4) is 0 Å². The Morgan fingerprint density at radius 1 is 1.28 bits per heavy atom. The smallest absolute Gasteiger partial charge is 0.178 e. The number of hydrogen-bond acceptors (Lipinski definition) is 4. The number of sulfone groups is 1. The van der Waals surface area contributed by atoms with Crippen LogP contribution in [-0.4, -0.2) is 33.9 Å². The molecular formula is C13H19NO3S. The lowest BCUT2D eigenvalue weighted by Crippen LogP contribution is -2.20. The first-order valence-corrected chi connectivity index (χ1v) is 7.87. The molecule has 1 aliphatic carbocycles. The van der Waals surface area contributed by atoms with E-state index in [-0.39, 0.29) is 5.75 Å². The van der Waals surface area contributed by atoms with Crippen LogP contribution >= 0.6 is 0 Å². The first-order valence-electron chi connectivity index (χ1n) is 6.22. The summed E-state index contributed by atoms with van der Waals surface area (Å²) >= 11 is 0. The first kappa shape index (κ1) is 13.4. The van der Waals surface area contributed by atoms with E-state index in [1.54, 1.807) is 31.4 Å². The molecule has 1 aromatic rings. The van der Waals surface area contributed by atoms with Crippen molar-refractivity contribution < 1.29 is 13.2 Å². The molecule has 1 N–H and O–H groups in total. The van der Waals surface area contributed by atoms with E-state index >= 15 is 0 Å². The predicted molar refractivity (Wildman–Crippen MR) is 70.7 cm³/mol. The fourth-order valence-corrected chi connectivity index (χ4v) is 3.07. The average Bonchev–Trinajstić information content (AvgIpc) is 3.19. The quantitative estimate of drug-likeness (QED) is 0.764. The third kappa shape index (κ3) is 3.71. The lowest BCUT2D eigenvalue weighted by Gasteiger charge is -2.06. The van der Waals surface area contributed by atoms with E-state index in [0.717, 1.165) is 6.54 Å². The molecule has 1 saturated carbocycles. The normalized spacial score (nSPS) is 15.6. The van der Waals surface area contributed by atoms with Gasteiger partial charge in [0.15, 0.2) is 9.84 Å². The Labute approximate surface area is 108 Å². The van der Waals surface area contributed by atoms with Crippen molar-refractivity contribution >= 4 is 9.84 Å². The minimum absolute atomic E-state index is 0.194. The van der Waals surface area contributed by atoms with E-state index in [9.17, 15) is 8.42 Å². The van der Waals surface area contributed by atoms with Gasteiger partial charge in [-0.25, -0.2) is 8.42 Å². The Kier molecular flexibility index (Phi) is 4.24. The second kappa shape index (κ2) is 5.71. The molecule has 0 radical (unpaired) electrons. The molecule has 0 amide bonds. The highest BCUT2D eigenvalue weighted by Crippen LogP contribution is 2.19. The van der Waals surface area contributed by atoms with E-state index in [1.807, 2.05) is 0 Å². The molecule has 18 heavy (non-hydrogen) atoms. The van der Waals surface area contributed by atoms with E-state index in [1.165, 1.54) is 12.8 Å². The number of methoxy groups -OCH3 is 1. The van der Waals surface area contributed by atoms with Crippen molar-refractivity contribution in [1.82, 2.24) is 5.32 Å². The van der Waals surface area contributed by atoms with Crippen LogP contribution in [0.2, 0.25) is 0 Å². The number of hydrogen-bond donors (Lipinski definition) is 1. The lowest BCUT2D eigenvalue weighted by atomic mass is 10.3. The summed E-state index contributed by atoms with van der Waals surface area (Å²) in [5, 5.41) is 3.31. The van der Waals surface area contributed by atoms with Crippen LogP contribution in [0, 0.1) is 0 Å². The molecule has 0 aromatic heterocycles. The van der Waals surface area contributed by atoms with E-state index in [2.05, 4.69) is 5.32 Å². The number of rotatable bonds is 7. The molecule has 0 atom stereocenters. The summed E-state index contributed by atoms with van der Waals surface area (Å²) in [6.07, 6.45) is 3.11. The van der Waals surface area contributed by atoms with Crippen molar-refractivity contribution in [3.8, 4) is 5.75 Å². The first-order chi connectivity index (χ1) is 8.62. The van der Waals surface area contributed by atoms with Crippen molar-refractivity contribution in [3.05, 3.63) is 24.3 Å². The van der Waals surface area contributed by atoms with Gasteiger partial charge in [0.25, 0.3) is 0 Å². The van der Waals surface area contributed by atoms with Crippen molar-refractivity contribution in [3.63, 3.8) is 0 Å². The van der Waals surface area contributed by atoms with Gasteiger partial charge in [0, 0.05) is 6.04 Å². The standard InChI is InChI=1S/C13H19NO3S/c1-17-12-5-7-13(8-6-12)18(15,16)10-2-9-14-11-3-4-11/h5-8,11,14H,2-4,9-10H2,1H3. The maximum atomic E-state index is 12.0. The molecule has 1 aromatic carbocycles. The van der Waals surface area contributed by atoms with E-state index in [0.29, 0.717) is 23.1 Å². The molecule has 2 rings (SSSR count). The summed E-state index contributed by atoms with van der Waals surface area (Å²) in [4.78, 5) is 0.370. The molecule has 1 fully saturated rings. The van der Waals surface area contributed by atoms with Crippen molar-refractivity contribution in [2.45, 2.75) is 30.2 Å². The van der Waals surface area contributed by atoms with Gasteiger partial charge in [-0.2, -0.15) is 0 Å². The summed E-state index contributed by atoms with van der Waals surface area (Å²) in [5.74, 6) is 0.864. The fraction of sp³-hybridized carbons (Fsp3) is 0.538. The molecule has 100 valence electrons. The largest absolute Gasteiger partial charge is 0.497 e. The molecule has 0 spiro atoms. The minimum Gasteiger partial charge on any atom is -0.497 e. The van der Waals surface area contributed by atoms with Gasteiger partial charge in [-0.05, 0) is 50.1 Å². The zero-order valence-electron chi connectivity index (χ0n) is 10.6. The van der Waals surface area contributed by atoms with Gasteiger partial charge in [0.2, 0.25) is 0 Å². The van der Waals surface area contributed by atoms with Gasteiger partial charge in [0.1, 0.15) is 5.75 Å². The average molecular weight is 269 g/mol. The Hall–Kier alpha value is -1.07. The summed E-state index contributed by atoms with van der Waals surface area (Å²) < 4.78 is 29.1. The highest BCUT2D eigenvalue weighted by atomic mass is 32.2. The van der Waals surface area contributed by atoms with Gasteiger partial charge in [0.05, 0.1) is 17.8 Å². The van der Waals surface area contributed by atoms with Gasteiger partial charge in [-0.15, -0.1) is 0 Å². The zero-order chi connectivity index (χ0) is 13.0. The van der Waals surface area contributed by atoms with Gasteiger partial charge < -0.3 is 10.1 Å². The summed E-state index contributed by atoms with van der Waals surface area (Å²) in [5.41, 5.74) is 0. The van der Waals surface area contributed by atoms with Crippen LogP contribution in [0.15, 0.2) is 29.2 Å². The zero-order valence-corrected chi connectivity index (χ0v) is 11.4. The fourth-order valence-electron chi connectivity index (χ4n) is 1.76. The van der Waals surface area contributed by atoms with Crippen molar-refractivity contribution in [2.24, 2.45) is 0 Å². The number of nitrogens with one attached hydrogen (secondary N) is 1. The molecule has 0 unspecified atom stereocenters. The van der Waals surface area contributed by atoms with Crippen LogP contribution in [0.5, 0.6) is 5.75 Å². The molecule has 4 nitrogen and oxygen atoms in total. The molecule has 0 bridgehead atoms. The summed E-state index contributed by atoms with van der Waals surface area (Å²) in [6, 6.07) is 7.18. The SMILES string of the molecule is COc1ccc(S(=O)(=O)CCCNC2CC2)cc1. The lowest BCUT2D eigenvalue weighted by molar-refractivity contribution is 0.414. The summed E-state index contributed by atoms with van der Waals surface area (Å²) in [6.45, 7) is 0.778. The van der Waals surface area contributed by atoms with Crippen molar-refractivity contribution in [2.75, 3.05) is 19.4 Å². The maximum Gasteiger partial charge on any atom is 0.178 e. The van der Waals surface area contributed by atoms with Crippen LogP contribution in [0.4, 0.5) is 0 Å². The van der Waals surface area contributed by atoms with E-state index in [4.69, 9.17) is 4.74 Å². The Morgan fingerprint density at radius 2 is 1.94 bits per heavy atom. The number of benzene rings is 1. The topological polar surface area (TPSA) is 55.4 Å².